The van der Waals surface area contributed by atoms with Crippen LogP contribution in [0.5, 0.6) is 0 Å². The summed E-state index contributed by atoms with van der Waals surface area (Å²) in [4.78, 5) is 43.9. The fraction of sp³-hybridized carbons (Fsp3) is 0.391. The third kappa shape index (κ3) is 4.38. The molecule has 0 saturated carbocycles. The van der Waals surface area contributed by atoms with Crippen molar-refractivity contribution in [3.8, 4) is 0 Å². The van der Waals surface area contributed by atoms with Gasteiger partial charge in [-0.25, -0.2) is 0 Å². The number of hydrogen-bond donors (Lipinski definition) is 3. The molecule has 1 aromatic carbocycles. The number of carbonyl (C=O) groups is 3. The van der Waals surface area contributed by atoms with E-state index in [1.165, 1.54) is 0 Å². The number of nitrogens with one attached hydrogen (secondary N) is 3. The van der Waals surface area contributed by atoms with E-state index in [-0.39, 0.29) is 24.1 Å². The fourth-order valence-corrected chi connectivity index (χ4v) is 4.20. The highest BCUT2D eigenvalue weighted by Gasteiger charge is 2.41. The van der Waals surface area contributed by atoms with Gasteiger partial charge in [-0.05, 0) is 49.6 Å². The largest absolute Gasteiger partial charge is 0.362 e. The first kappa shape index (κ1) is 20.8. The van der Waals surface area contributed by atoms with Crippen LogP contribution in [0.15, 0.2) is 42.7 Å². The molecule has 0 aliphatic carbocycles. The number of nitrogens with zero attached hydrogens (tertiary/aromatic N) is 2. The molecule has 8 nitrogen and oxygen atoms in total. The zero-order valence-electron chi connectivity index (χ0n) is 17.8. The van der Waals surface area contributed by atoms with Crippen molar-refractivity contribution >= 4 is 23.4 Å². The number of pyridine rings is 1. The zero-order valence-corrected chi connectivity index (χ0v) is 17.8. The highest BCUT2D eigenvalue weighted by atomic mass is 16.2. The van der Waals surface area contributed by atoms with E-state index in [9.17, 15) is 14.4 Å². The molecule has 2 aliphatic rings. The monoisotopic (exact) mass is 421 g/mol. The first-order valence-corrected chi connectivity index (χ1v) is 10.5. The second kappa shape index (κ2) is 8.37. The molecule has 0 radical (unpaired) electrons. The van der Waals surface area contributed by atoms with Crippen LogP contribution in [0.4, 0.5) is 5.69 Å². The number of hydrogen-bond acceptors (Lipinski definition) is 5. The number of likely N-dealkylation sites (tertiary alicyclic amines) is 1. The summed E-state index contributed by atoms with van der Waals surface area (Å²) in [6, 6.07) is 8.76. The number of rotatable bonds is 4. The normalized spacial score (nSPS) is 21.5. The number of benzene rings is 1. The molecule has 1 saturated heterocycles. The van der Waals surface area contributed by atoms with Gasteiger partial charge in [-0.2, -0.15) is 0 Å². The molecular formula is C23H27N5O3. The van der Waals surface area contributed by atoms with E-state index in [0.717, 1.165) is 16.8 Å². The highest BCUT2D eigenvalue weighted by molar-refractivity contribution is 6.02. The minimum absolute atomic E-state index is 0.0907. The van der Waals surface area contributed by atoms with Crippen molar-refractivity contribution < 1.29 is 14.4 Å². The predicted octanol–water partition coefficient (Wildman–Crippen LogP) is 1.96. The third-order valence-corrected chi connectivity index (χ3v) is 6.05. The molecule has 4 rings (SSSR count). The molecule has 3 amide bonds. The number of anilines is 1. The summed E-state index contributed by atoms with van der Waals surface area (Å²) in [6.07, 6.45) is 4.60. The van der Waals surface area contributed by atoms with Crippen LogP contribution in [0.2, 0.25) is 0 Å². The molecule has 2 atom stereocenters. The maximum absolute atomic E-state index is 12.8. The van der Waals surface area contributed by atoms with Gasteiger partial charge in [0.1, 0.15) is 11.7 Å². The molecule has 0 unspecified atom stereocenters. The van der Waals surface area contributed by atoms with Crippen molar-refractivity contribution in [2.45, 2.75) is 51.4 Å². The van der Waals surface area contributed by atoms with Gasteiger partial charge in [0.05, 0.1) is 5.56 Å². The molecule has 2 aromatic rings. The minimum atomic E-state index is -0.700. The average molecular weight is 422 g/mol. The standard InChI is InChI=1S/C23H27N5O3/c1-15-5-6-18-19(12-15)26-23(27-22(18)31)8-7-20(29)28(11-9-23)16(2)21(30)25-14-17-4-3-10-24-13-17/h3-6,10,12-13,16,26H,7-9,11,14H2,1-2H3,(H,25,30)(H,27,31)/t16-,23+/m1/s1. The summed E-state index contributed by atoms with van der Waals surface area (Å²) in [5, 5.41) is 9.40. The molecule has 162 valence electrons. The van der Waals surface area contributed by atoms with E-state index in [0.29, 0.717) is 31.5 Å². The Hall–Kier alpha value is -3.42. The number of fused-ring (bicyclic) bond motifs is 1. The van der Waals surface area contributed by atoms with E-state index in [4.69, 9.17) is 0 Å². The Bertz CT molecular complexity index is 1010. The van der Waals surface area contributed by atoms with E-state index >= 15 is 0 Å². The Balaban J connectivity index is 1.44. The molecule has 1 aromatic heterocycles. The van der Waals surface area contributed by atoms with Crippen LogP contribution >= 0.6 is 0 Å². The van der Waals surface area contributed by atoms with Crippen LogP contribution in [-0.4, -0.2) is 45.9 Å². The molecule has 3 heterocycles. The second-order valence-corrected chi connectivity index (χ2v) is 8.30. The van der Waals surface area contributed by atoms with Crippen molar-refractivity contribution in [1.82, 2.24) is 20.5 Å². The molecule has 8 heteroatoms. The average Bonchev–Trinajstić information content (AvgIpc) is 2.91. The lowest BCUT2D eigenvalue weighted by Crippen LogP contribution is -2.58. The van der Waals surface area contributed by atoms with Gasteiger partial charge >= 0.3 is 0 Å². The topological polar surface area (TPSA) is 103 Å². The maximum atomic E-state index is 12.8. The van der Waals surface area contributed by atoms with Gasteiger partial charge in [0.2, 0.25) is 11.8 Å². The summed E-state index contributed by atoms with van der Waals surface area (Å²) < 4.78 is 0. The Morgan fingerprint density at radius 3 is 2.87 bits per heavy atom. The van der Waals surface area contributed by atoms with Gasteiger partial charge < -0.3 is 20.9 Å². The van der Waals surface area contributed by atoms with Crippen LogP contribution in [0, 0.1) is 6.92 Å². The first-order valence-electron chi connectivity index (χ1n) is 10.5. The van der Waals surface area contributed by atoms with Crippen molar-refractivity contribution in [1.29, 1.82) is 0 Å². The van der Waals surface area contributed by atoms with E-state index in [1.807, 2.05) is 37.3 Å². The van der Waals surface area contributed by atoms with Crippen LogP contribution in [0.25, 0.3) is 0 Å². The van der Waals surface area contributed by atoms with Crippen molar-refractivity contribution in [2.75, 3.05) is 11.9 Å². The van der Waals surface area contributed by atoms with E-state index in [1.54, 1.807) is 24.2 Å². The lowest BCUT2D eigenvalue weighted by atomic mass is 9.94. The molecule has 2 aliphatic heterocycles. The number of carbonyl (C=O) groups excluding carboxylic acids is 3. The van der Waals surface area contributed by atoms with Crippen molar-refractivity contribution in [3.05, 3.63) is 59.4 Å². The van der Waals surface area contributed by atoms with Crippen LogP contribution in [0.3, 0.4) is 0 Å². The van der Waals surface area contributed by atoms with Crippen LogP contribution in [0.1, 0.15) is 47.7 Å². The Kier molecular flexibility index (Phi) is 5.63. The van der Waals surface area contributed by atoms with Crippen molar-refractivity contribution in [2.24, 2.45) is 0 Å². The SMILES string of the molecule is Cc1ccc2c(c1)N[C@@]1(CCC(=O)N([C@H](C)C(=O)NCc3cccnc3)CC1)NC2=O. The summed E-state index contributed by atoms with van der Waals surface area (Å²) in [5.41, 5.74) is 2.64. The van der Waals surface area contributed by atoms with Gasteiger partial charge in [-0.1, -0.05) is 12.1 Å². The molecule has 1 spiro atoms. The lowest BCUT2D eigenvalue weighted by Gasteiger charge is -2.40. The minimum Gasteiger partial charge on any atom is -0.362 e. The van der Waals surface area contributed by atoms with E-state index < -0.39 is 11.7 Å². The Morgan fingerprint density at radius 2 is 2.10 bits per heavy atom. The zero-order chi connectivity index (χ0) is 22.0. The van der Waals surface area contributed by atoms with Gasteiger partial charge in [-0.15, -0.1) is 0 Å². The van der Waals surface area contributed by atoms with Gasteiger partial charge in [0, 0.05) is 44.0 Å². The summed E-state index contributed by atoms with van der Waals surface area (Å²) in [5.74, 6) is -0.446. The Labute approximate surface area is 181 Å². The summed E-state index contributed by atoms with van der Waals surface area (Å²) in [7, 11) is 0. The third-order valence-electron chi connectivity index (χ3n) is 6.05. The smallest absolute Gasteiger partial charge is 0.255 e. The quantitative estimate of drug-likeness (QED) is 0.700. The summed E-state index contributed by atoms with van der Waals surface area (Å²) >= 11 is 0. The van der Waals surface area contributed by atoms with E-state index in [2.05, 4.69) is 20.9 Å². The predicted molar refractivity (Wildman–Crippen MR) is 116 cm³/mol. The second-order valence-electron chi connectivity index (χ2n) is 8.30. The lowest BCUT2D eigenvalue weighted by molar-refractivity contribution is -0.139. The first-order chi connectivity index (χ1) is 14.9. The van der Waals surface area contributed by atoms with Crippen LogP contribution in [-0.2, 0) is 16.1 Å². The number of aromatic nitrogens is 1. The van der Waals surface area contributed by atoms with Gasteiger partial charge in [0.25, 0.3) is 5.91 Å². The maximum Gasteiger partial charge on any atom is 0.255 e. The molecular weight excluding hydrogens is 394 g/mol. The molecule has 1 fully saturated rings. The highest BCUT2D eigenvalue weighted by Crippen LogP contribution is 2.32. The molecule has 3 N–H and O–H groups in total. The van der Waals surface area contributed by atoms with Gasteiger partial charge in [-0.3, -0.25) is 19.4 Å². The van der Waals surface area contributed by atoms with Gasteiger partial charge in [0.15, 0.2) is 0 Å². The molecule has 31 heavy (non-hydrogen) atoms. The Morgan fingerprint density at radius 1 is 1.26 bits per heavy atom. The number of aryl methyl sites for hydroxylation is 1. The molecule has 0 bridgehead atoms. The number of amides is 3. The van der Waals surface area contributed by atoms with Crippen molar-refractivity contribution in [3.63, 3.8) is 0 Å². The fourth-order valence-electron chi connectivity index (χ4n) is 4.20. The summed E-state index contributed by atoms with van der Waals surface area (Å²) in [6.45, 7) is 4.44. The van der Waals surface area contributed by atoms with Crippen LogP contribution < -0.4 is 16.0 Å².